The zero-order chi connectivity index (χ0) is 19.6. The van der Waals surface area contributed by atoms with Crippen LogP contribution in [0.4, 0.5) is 23.3 Å². The molecule has 1 atom stereocenters. The molecule has 2 heterocycles. The molecule has 6 N–H and O–H groups in total. The number of ether oxygens (including phenoxy) is 1. The van der Waals surface area contributed by atoms with Gasteiger partial charge in [0.15, 0.2) is 0 Å². The average molecular weight is 370 g/mol. The summed E-state index contributed by atoms with van der Waals surface area (Å²) in [5, 5.41) is 5.24. The maximum atomic E-state index is 12.7. The smallest absolute Gasteiger partial charge is 0.338 e. The molecule has 3 rings (SSSR count). The van der Waals surface area contributed by atoms with Crippen molar-refractivity contribution in [2.75, 3.05) is 28.7 Å². The van der Waals surface area contributed by atoms with Crippen LogP contribution in [0.5, 0.6) is 0 Å². The number of nitrogens with one attached hydrogen (secondary N) is 2. The van der Waals surface area contributed by atoms with Crippen LogP contribution in [0.25, 0.3) is 0 Å². The van der Waals surface area contributed by atoms with E-state index in [1.54, 1.807) is 19.1 Å². The Morgan fingerprint density at radius 1 is 1.26 bits per heavy atom. The molecule has 2 amide bonds. The highest BCUT2D eigenvalue weighted by molar-refractivity contribution is 6.05. The molecule has 1 aliphatic rings. The van der Waals surface area contributed by atoms with Crippen molar-refractivity contribution in [1.82, 2.24) is 9.97 Å². The summed E-state index contributed by atoms with van der Waals surface area (Å²) in [6, 6.07) is 6.20. The van der Waals surface area contributed by atoms with Crippen molar-refractivity contribution in [2.24, 2.45) is 0 Å². The molecule has 0 saturated heterocycles. The predicted molar refractivity (Wildman–Crippen MR) is 97.9 cm³/mol. The Kier molecular flexibility index (Phi) is 4.88. The second-order valence-electron chi connectivity index (χ2n) is 5.82. The highest BCUT2D eigenvalue weighted by Gasteiger charge is 2.34. The minimum Gasteiger partial charge on any atom is -0.462 e. The van der Waals surface area contributed by atoms with Gasteiger partial charge in [0.05, 0.1) is 23.7 Å². The summed E-state index contributed by atoms with van der Waals surface area (Å²) in [7, 11) is 0. The normalized spacial score (nSPS) is 15.4. The van der Waals surface area contributed by atoms with Gasteiger partial charge in [0.2, 0.25) is 17.8 Å². The van der Waals surface area contributed by atoms with Crippen LogP contribution in [0.2, 0.25) is 0 Å². The van der Waals surface area contributed by atoms with Crippen molar-refractivity contribution in [1.29, 1.82) is 0 Å². The van der Waals surface area contributed by atoms with Crippen LogP contribution in [0.1, 0.15) is 35.2 Å². The lowest BCUT2D eigenvalue weighted by Crippen LogP contribution is -2.32. The van der Waals surface area contributed by atoms with Crippen molar-refractivity contribution in [3.05, 3.63) is 35.4 Å². The van der Waals surface area contributed by atoms with E-state index in [9.17, 15) is 14.4 Å². The first kappa shape index (κ1) is 18.1. The average Bonchev–Trinajstić information content (AvgIpc) is 2.61. The molecule has 1 aliphatic heterocycles. The predicted octanol–water partition coefficient (Wildman–Crippen LogP) is 0.882. The number of esters is 1. The van der Waals surface area contributed by atoms with Crippen LogP contribution < -0.4 is 22.1 Å². The van der Waals surface area contributed by atoms with Gasteiger partial charge in [0.25, 0.3) is 0 Å². The number of carbonyl (C=O) groups is 3. The van der Waals surface area contributed by atoms with Gasteiger partial charge in [-0.2, -0.15) is 9.97 Å². The summed E-state index contributed by atoms with van der Waals surface area (Å²) in [6.07, 6.45) is -0.1000. The highest BCUT2D eigenvalue weighted by Crippen LogP contribution is 2.35. The molecule has 2 aromatic rings. The molecule has 1 aromatic carbocycles. The topological polar surface area (TPSA) is 162 Å². The largest absolute Gasteiger partial charge is 0.462 e. The van der Waals surface area contributed by atoms with Gasteiger partial charge in [-0.1, -0.05) is 0 Å². The van der Waals surface area contributed by atoms with E-state index in [-0.39, 0.29) is 36.5 Å². The van der Waals surface area contributed by atoms with Gasteiger partial charge in [-0.3, -0.25) is 9.59 Å². The lowest BCUT2D eigenvalue weighted by molar-refractivity contribution is -0.123. The molecule has 0 bridgehead atoms. The van der Waals surface area contributed by atoms with E-state index < -0.39 is 17.8 Å². The molecule has 0 saturated carbocycles. The number of fused-ring (bicyclic) bond motifs is 1. The zero-order valence-corrected chi connectivity index (χ0v) is 14.5. The lowest BCUT2D eigenvalue weighted by Gasteiger charge is -2.25. The summed E-state index contributed by atoms with van der Waals surface area (Å²) in [5.74, 6) is -2.06. The second kappa shape index (κ2) is 7.28. The van der Waals surface area contributed by atoms with Crippen LogP contribution in [-0.2, 0) is 14.3 Å². The van der Waals surface area contributed by atoms with Gasteiger partial charge in [-0.15, -0.1) is 0 Å². The molecule has 10 nitrogen and oxygen atoms in total. The van der Waals surface area contributed by atoms with E-state index in [1.807, 2.05) is 0 Å². The second-order valence-corrected chi connectivity index (χ2v) is 5.82. The Labute approximate surface area is 154 Å². The molecule has 10 heteroatoms. The number of carbonyl (C=O) groups excluding carboxylic acids is 3. The third kappa shape index (κ3) is 3.78. The molecular formula is C17H18N6O4. The first-order valence-corrected chi connectivity index (χ1v) is 8.19. The fourth-order valence-electron chi connectivity index (χ4n) is 2.77. The SMILES string of the molecule is CCOC(=O)c1ccc(NC(=O)[C@H]2CC(=O)Nc3nc(N)nc(N)c32)cc1. The van der Waals surface area contributed by atoms with Gasteiger partial charge in [0.1, 0.15) is 11.6 Å². The quantitative estimate of drug-likeness (QED) is 0.576. The number of benzene rings is 1. The summed E-state index contributed by atoms with van der Waals surface area (Å²) >= 11 is 0. The van der Waals surface area contributed by atoms with E-state index in [0.717, 1.165) is 0 Å². The Morgan fingerprint density at radius 3 is 2.63 bits per heavy atom. The van der Waals surface area contributed by atoms with Crippen LogP contribution >= 0.6 is 0 Å². The molecule has 0 fully saturated rings. The third-order valence-corrected chi connectivity index (χ3v) is 3.97. The zero-order valence-electron chi connectivity index (χ0n) is 14.5. The van der Waals surface area contributed by atoms with Crippen LogP contribution in [0, 0.1) is 0 Å². The Bertz CT molecular complexity index is 912. The summed E-state index contributed by atoms with van der Waals surface area (Å²) in [4.78, 5) is 44.1. The summed E-state index contributed by atoms with van der Waals surface area (Å²) in [5.41, 5.74) is 12.6. The van der Waals surface area contributed by atoms with Crippen molar-refractivity contribution in [3.63, 3.8) is 0 Å². The Hall–Kier alpha value is -3.69. The fourth-order valence-corrected chi connectivity index (χ4v) is 2.77. The van der Waals surface area contributed by atoms with Crippen LogP contribution in [0.3, 0.4) is 0 Å². The van der Waals surface area contributed by atoms with E-state index in [0.29, 0.717) is 16.8 Å². The van der Waals surface area contributed by atoms with Gasteiger partial charge < -0.3 is 26.8 Å². The minimum absolute atomic E-state index is 0.0373. The third-order valence-electron chi connectivity index (χ3n) is 3.97. The Morgan fingerprint density at radius 2 is 1.96 bits per heavy atom. The number of rotatable bonds is 4. The van der Waals surface area contributed by atoms with Gasteiger partial charge in [-0.25, -0.2) is 4.79 Å². The number of nitrogen functional groups attached to an aromatic ring is 2. The first-order valence-electron chi connectivity index (χ1n) is 8.19. The van der Waals surface area contributed by atoms with Crippen molar-refractivity contribution in [3.8, 4) is 0 Å². The van der Waals surface area contributed by atoms with Crippen molar-refractivity contribution >= 4 is 41.1 Å². The molecule has 1 aromatic heterocycles. The number of amides is 2. The highest BCUT2D eigenvalue weighted by atomic mass is 16.5. The maximum Gasteiger partial charge on any atom is 0.338 e. The van der Waals surface area contributed by atoms with E-state index in [4.69, 9.17) is 16.2 Å². The van der Waals surface area contributed by atoms with Crippen molar-refractivity contribution in [2.45, 2.75) is 19.3 Å². The molecule has 0 unspecified atom stereocenters. The first-order chi connectivity index (χ1) is 12.9. The van der Waals surface area contributed by atoms with E-state index in [1.165, 1.54) is 12.1 Å². The fraction of sp³-hybridized carbons (Fsp3) is 0.235. The minimum atomic E-state index is -0.862. The van der Waals surface area contributed by atoms with Gasteiger partial charge in [-0.05, 0) is 31.2 Å². The number of nitrogens with zero attached hydrogens (tertiary/aromatic N) is 2. The van der Waals surface area contributed by atoms with Crippen molar-refractivity contribution < 1.29 is 19.1 Å². The Balaban J connectivity index is 1.81. The molecule has 0 aliphatic carbocycles. The van der Waals surface area contributed by atoms with E-state index >= 15 is 0 Å². The number of anilines is 4. The van der Waals surface area contributed by atoms with Crippen LogP contribution in [0.15, 0.2) is 24.3 Å². The van der Waals surface area contributed by atoms with Gasteiger partial charge in [0, 0.05) is 12.1 Å². The number of hydrogen-bond donors (Lipinski definition) is 4. The molecule has 0 spiro atoms. The maximum absolute atomic E-state index is 12.7. The molecule has 27 heavy (non-hydrogen) atoms. The summed E-state index contributed by atoms with van der Waals surface area (Å²) < 4.78 is 4.91. The number of aromatic nitrogens is 2. The molecule has 0 radical (unpaired) electrons. The van der Waals surface area contributed by atoms with Gasteiger partial charge >= 0.3 is 5.97 Å². The number of nitrogens with two attached hydrogens (primary N) is 2. The summed E-state index contributed by atoms with van der Waals surface area (Å²) in [6.45, 7) is 1.99. The van der Waals surface area contributed by atoms with Crippen LogP contribution in [-0.4, -0.2) is 34.4 Å². The number of hydrogen-bond acceptors (Lipinski definition) is 8. The molecule has 140 valence electrons. The molecular weight excluding hydrogens is 352 g/mol. The monoisotopic (exact) mass is 370 g/mol. The van der Waals surface area contributed by atoms with E-state index in [2.05, 4.69) is 20.6 Å². The lowest BCUT2D eigenvalue weighted by atomic mass is 9.92. The standard InChI is InChI=1S/C17H18N6O4/c1-2-27-16(26)8-3-5-9(6-4-8)20-15(25)10-7-11(24)21-14-12(10)13(18)22-17(19)23-14/h3-6,10H,2,7H2,1H3,(H,20,25)(H5,18,19,21,22,23,24)/t10-/m0/s1.